The molecule has 100 valence electrons. The van der Waals surface area contributed by atoms with Crippen molar-refractivity contribution in [3.05, 3.63) is 53.8 Å². The Balaban J connectivity index is 2.19. The van der Waals surface area contributed by atoms with Gasteiger partial charge in [0.2, 0.25) is 0 Å². The summed E-state index contributed by atoms with van der Waals surface area (Å²) in [6, 6.07) is 13.1. The number of hydrogen-bond acceptors (Lipinski definition) is 3. The maximum atomic E-state index is 14.0. The van der Waals surface area contributed by atoms with Gasteiger partial charge >= 0.3 is 0 Å². The predicted octanol–water partition coefficient (Wildman–Crippen LogP) is 4.14. The Bertz CT molecular complexity index is 543. The molecule has 19 heavy (non-hydrogen) atoms. The van der Waals surface area contributed by atoms with Crippen LogP contribution in [-0.4, -0.2) is 13.4 Å². The van der Waals surface area contributed by atoms with Crippen molar-refractivity contribution in [2.24, 2.45) is 0 Å². The molecule has 0 aromatic heterocycles. The molecule has 0 atom stereocenters. The van der Waals surface area contributed by atoms with Gasteiger partial charge in [0.05, 0.1) is 12.0 Å². The van der Waals surface area contributed by atoms with Crippen LogP contribution in [0.4, 0.5) is 4.39 Å². The van der Waals surface area contributed by atoms with Gasteiger partial charge in [0, 0.05) is 0 Å². The second kappa shape index (κ2) is 6.48. The van der Waals surface area contributed by atoms with E-state index in [1.54, 1.807) is 12.1 Å². The number of rotatable bonds is 5. The summed E-state index contributed by atoms with van der Waals surface area (Å²) in [5.74, 6) is 0.395. The van der Waals surface area contributed by atoms with Crippen LogP contribution >= 0.6 is 11.8 Å². The minimum atomic E-state index is -0.374. The van der Waals surface area contributed by atoms with Crippen LogP contribution in [0.25, 0.3) is 0 Å². The molecule has 0 saturated heterocycles. The average molecular weight is 278 g/mol. The fourth-order valence-corrected chi connectivity index (χ4v) is 2.33. The first-order valence-electron chi connectivity index (χ1n) is 5.83. The van der Waals surface area contributed by atoms with E-state index in [-0.39, 0.29) is 11.6 Å². The first-order valence-corrected chi connectivity index (χ1v) is 7.06. The molecule has 2 rings (SSSR count). The third-order valence-electron chi connectivity index (χ3n) is 2.69. The van der Waals surface area contributed by atoms with E-state index in [4.69, 9.17) is 9.47 Å². The van der Waals surface area contributed by atoms with Crippen LogP contribution in [0.1, 0.15) is 5.56 Å². The molecule has 0 heterocycles. The van der Waals surface area contributed by atoms with Gasteiger partial charge in [-0.15, -0.1) is 11.8 Å². The molecular weight excluding hydrogens is 263 g/mol. The monoisotopic (exact) mass is 278 g/mol. The zero-order valence-electron chi connectivity index (χ0n) is 10.9. The third kappa shape index (κ3) is 3.20. The lowest BCUT2D eigenvalue weighted by Crippen LogP contribution is -1.99. The number of benzene rings is 2. The Labute approximate surface area is 116 Å². The largest absolute Gasteiger partial charge is 0.494 e. The minimum absolute atomic E-state index is 0.233. The molecule has 0 amide bonds. The molecule has 0 saturated carbocycles. The van der Waals surface area contributed by atoms with Gasteiger partial charge in [0.1, 0.15) is 12.4 Å². The molecule has 0 fully saturated rings. The molecule has 0 aliphatic rings. The first kappa shape index (κ1) is 13.7. The number of ether oxygens (including phenoxy) is 2. The maximum absolute atomic E-state index is 14.0. The Morgan fingerprint density at radius 3 is 2.37 bits per heavy atom. The molecule has 4 heteroatoms. The number of hydrogen-bond donors (Lipinski definition) is 0. The van der Waals surface area contributed by atoms with Crippen molar-refractivity contribution in [1.29, 1.82) is 0 Å². The predicted molar refractivity (Wildman–Crippen MR) is 75.5 cm³/mol. The van der Waals surface area contributed by atoms with Crippen molar-refractivity contribution in [2.45, 2.75) is 11.5 Å². The van der Waals surface area contributed by atoms with Crippen LogP contribution < -0.4 is 9.47 Å². The lowest BCUT2D eigenvalue weighted by molar-refractivity contribution is 0.292. The summed E-state index contributed by atoms with van der Waals surface area (Å²) in [6.07, 6.45) is 1.81. The summed E-state index contributed by atoms with van der Waals surface area (Å²) in [4.78, 5) is 0.468. The number of thioether (sulfide) groups is 1. The standard InChI is InChI=1S/C15H15FO2S/c1-17-12-8-9-13(15(19-2)14(12)16)18-10-11-6-4-3-5-7-11/h3-9H,10H2,1-2H3. The van der Waals surface area contributed by atoms with Gasteiger partial charge in [-0.05, 0) is 24.0 Å². The molecular formula is C15H15FO2S. The van der Waals surface area contributed by atoms with Crippen molar-refractivity contribution in [3.63, 3.8) is 0 Å². The number of halogens is 1. The lowest BCUT2D eigenvalue weighted by atomic mass is 10.2. The van der Waals surface area contributed by atoms with Crippen LogP contribution in [-0.2, 0) is 6.61 Å². The Morgan fingerprint density at radius 1 is 1.05 bits per heavy atom. The van der Waals surface area contributed by atoms with E-state index >= 15 is 0 Å². The van der Waals surface area contributed by atoms with Crippen molar-refractivity contribution in [2.75, 3.05) is 13.4 Å². The summed E-state index contributed by atoms with van der Waals surface area (Å²) in [6.45, 7) is 0.417. The van der Waals surface area contributed by atoms with Gasteiger partial charge < -0.3 is 9.47 Å². The van der Waals surface area contributed by atoms with E-state index in [1.165, 1.54) is 18.9 Å². The second-order valence-corrected chi connectivity index (χ2v) is 4.70. The summed E-state index contributed by atoms with van der Waals surface area (Å²) in [5.41, 5.74) is 1.05. The summed E-state index contributed by atoms with van der Waals surface area (Å²) < 4.78 is 24.7. The quantitative estimate of drug-likeness (QED) is 0.766. The molecule has 0 unspecified atom stereocenters. The molecule has 0 N–H and O–H groups in total. The molecule has 0 spiro atoms. The van der Waals surface area contributed by atoms with Crippen molar-refractivity contribution < 1.29 is 13.9 Å². The van der Waals surface area contributed by atoms with Gasteiger partial charge in [-0.3, -0.25) is 0 Å². The van der Waals surface area contributed by atoms with Crippen LogP contribution in [0, 0.1) is 5.82 Å². The van der Waals surface area contributed by atoms with Crippen LogP contribution in [0.15, 0.2) is 47.4 Å². The first-order chi connectivity index (χ1) is 9.26. The highest BCUT2D eigenvalue weighted by Crippen LogP contribution is 2.35. The molecule has 0 aliphatic heterocycles. The third-order valence-corrected chi connectivity index (χ3v) is 3.48. The molecule has 0 radical (unpaired) electrons. The van der Waals surface area contributed by atoms with Gasteiger partial charge in [-0.25, -0.2) is 4.39 Å². The van der Waals surface area contributed by atoms with E-state index in [0.29, 0.717) is 17.3 Å². The van der Waals surface area contributed by atoms with Gasteiger partial charge in [-0.2, -0.15) is 0 Å². The SMILES string of the molecule is COc1ccc(OCc2ccccc2)c(SC)c1F. The van der Waals surface area contributed by atoms with E-state index in [9.17, 15) is 4.39 Å². The Morgan fingerprint density at radius 2 is 1.74 bits per heavy atom. The molecule has 2 nitrogen and oxygen atoms in total. The van der Waals surface area contributed by atoms with Crippen molar-refractivity contribution in [1.82, 2.24) is 0 Å². The fourth-order valence-electron chi connectivity index (χ4n) is 1.72. The fraction of sp³-hybridized carbons (Fsp3) is 0.200. The minimum Gasteiger partial charge on any atom is -0.494 e. The van der Waals surface area contributed by atoms with Gasteiger partial charge in [0.15, 0.2) is 11.6 Å². The molecule has 2 aromatic rings. The number of methoxy groups -OCH3 is 1. The van der Waals surface area contributed by atoms with Crippen LogP contribution in [0.2, 0.25) is 0 Å². The Kier molecular flexibility index (Phi) is 4.68. The summed E-state index contributed by atoms with van der Waals surface area (Å²) in [5, 5.41) is 0. The summed E-state index contributed by atoms with van der Waals surface area (Å²) in [7, 11) is 1.45. The summed E-state index contributed by atoms with van der Waals surface area (Å²) >= 11 is 1.31. The van der Waals surface area contributed by atoms with E-state index in [2.05, 4.69) is 0 Å². The van der Waals surface area contributed by atoms with E-state index in [0.717, 1.165) is 5.56 Å². The topological polar surface area (TPSA) is 18.5 Å². The molecule has 0 bridgehead atoms. The highest BCUT2D eigenvalue weighted by Gasteiger charge is 2.14. The van der Waals surface area contributed by atoms with Gasteiger partial charge in [0.25, 0.3) is 0 Å². The molecule has 2 aromatic carbocycles. The molecule has 0 aliphatic carbocycles. The second-order valence-electron chi connectivity index (χ2n) is 3.89. The van der Waals surface area contributed by atoms with E-state index in [1.807, 2.05) is 36.6 Å². The van der Waals surface area contributed by atoms with Crippen molar-refractivity contribution >= 4 is 11.8 Å². The van der Waals surface area contributed by atoms with Crippen LogP contribution in [0.3, 0.4) is 0 Å². The lowest BCUT2D eigenvalue weighted by Gasteiger charge is -2.12. The highest BCUT2D eigenvalue weighted by molar-refractivity contribution is 7.98. The normalized spacial score (nSPS) is 10.3. The van der Waals surface area contributed by atoms with Gasteiger partial charge in [-0.1, -0.05) is 30.3 Å². The maximum Gasteiger partial charge on any atom is 0.182 e. The van der Waals surface area contributed by atoms with Crippen LogP contribution in [0.5, 0.6) is 11.5 Å². The highest BCUT2D eigenvalue weighted by atomic mass is 32.2. The zero-order valence-corrected chi connectivity index (χ0v) is 11.7. The van der Waals surface area contributed by atoms with E-state index < -0.39 is 0 Å². The van der Waals surface area contributed by atoms with Crippen molar-refractivity contribution in [3.8, 4) is 11.5 Å². The Hall–Kier alpha value is -1.68. The zero-order chi connectivity index (χ0) is 13.7. The average Bonchev–Trinajstić information content (AvgIpc) is 2.46. The smallest absolute Gasteiger partial charge is 0.182 e.